The molecular weight excluding hydrogens is 328 g/mol. The van der Waals surface area contributed by atoms with Crippen molar-refractivity contribution in [2.24, 2.45) is 0 Å². The SMILES string of the molecule is CNc1ncnc(NC(C)c2cccc(Cl)c2)c1Br. The summed E-state index contributed by atoms with van der Waals surface area (Å²) in [5.74, 6) is 1.49. The molecule has 0 aliphatic carbocycles. The lowest BCUT2D eigenvalue weighted by Gasteiger charge is -2.17. The first-order valence-corrected chi connectivity index (χ1v) is 6.99. The zero-order valence-corrected chi connectivity index (χ0v) is 13.0. The normalized spacial score (nSPS) is 12.0. The monoisotopic (exact) mass is 340 g/mol. The summed E-state index contributed by atoms with van der Waals surface area (Å²) in [4.78, 5) is 8.35. The Hall–Kier alpha value is -1.33. The maximum absolute atomic E-state index is 6.00. The van der Waals surface area contributed by atoms with E-state index < -0.39 is 0 Å². The van der Waals surface area contributed by atoms with Gasteiger partial charge < -0.3 is 10.6 Å². The van der Waals surface area contributed by atoms with Gasteiger partial charge >= 0.3 is 0 Å². The zero-order valence-electron chi connectivity index (χ0n) is 10.6. The largest absolute Gasteiger partial charge is 0.372 e. The number of hydrogen-bond acceptors (Lipinski definition) is 4. The molecule has 4 nitrogen and oxygen atoms in total. The van der Waals surface area contributed by atoms with Crippen LogP contribution in [0.1, 0.15) is 18.5 Å². The lowest BCUT2D eigenvalue weighted by molar-refractivity contribution is 0.870. The Bertz CT molecular complexity index is 576. The molecule has 0 aliphatic rings. The van der Waals surface area contributed by atoms with Crippen LogP contribution in [0.3, 0.4) is 0 Å². The van der Waals surface area contributed by atoms with Crippen LogP contribution < -0.4 is 10.6 Å². The molecule has 1 unspecified atom stereocenters. The first kappa shape index (κ1) is 14.1. The van der Waals surface area contributed by atoms with Gasteiger partial charge in [-0.15, -0.1) is 0 Å². The van der Waals surface area contributed by atoms with Gasteiger partial charge in [0.05, 0.1) is 6.04 Å². The Kier molecular flexibility index (Phi) is 4.61. The molecule has 1 atom stereocenters. The van der Waals surface area contributed by atoms with Crippen LogP contribution in [-0.2, 0) is 0 Å². The van der Waals surface area contributed by atoms with Crippen LogP contribution in [0.5, 0.6) is 0 Å². The number of hydrogen-bond donors (Lipinski definition) is 2. The summed E-state index contributed by atoms with van der Waals surface area (Å²) in [6.45, 7) is 2.05. The average molecular weight is 342 g/mol. The number of benzene rings is 1. The minimum Gasteiger partial charge on any atom is -0.372 e. The lowest BCUT2D eigenvalue weighted by Crippen LogP contribution is -2.09. The summed E-state index contributed by atoms with van der Waals surface area (Å²) in [5, 5.41) is 7.06. The summed E-state index contributed by atoms with van der Waals surface area (Å²) < 4.78 is 0.811. The highest BCUT2D eigenvalue weighted by molar-refractivity contribution is 9.10. The van der Waals surface area contributed by atoms with E-state index in [1.54, 1.807) is 0 Å². The molecule has 0 aliphatic heterocycles. The van der Waals surface area contributed by atoms with Crippen LogP contribution in [0.15, 0.2) is 35.1 Å². The molecule has 0 spiro atoms. The number of rotatable bonds is 4. The minimum absolute atomic E-state index is 0.0922. The summed E-state index contributed by atoms with van der Waals surface area (Å²) in [6, 6.07) is 7.85. The summed E-state index contributed by atoms with van der Waals surface area (Å²) in [6.07, 6.45) is 1.52. The predicted molar refractivity (Wildman–Crippen MR) is 82.8 cm³/mol. The molecule has 2 rings (SSSR count). The number of halogens is 2. The van der Waals surface area contributed by atoms with Crippen molar-refractivity contribution < 1.29 is 0 Å². The second-order valence-electron chi connectivity index (χ2n) is 4.06. The standard InChI is InChI=1S/C13H14BrClN4/c1-8(9-4-3-5-10(15)6-9)19-13-11(14)12(16-2)17-7-18-13/h3-8H,1-2H3,(H2,16,17,18,19). The van der Waals surface area contributed by atoms with Gasteiger partial charge in [0.25, 0.3) is 0 Å². The molecule has 0 amide bonds. The van der Waals surface area contributed by atoms with Crippen LogP contribution in [0.2, 0.25) is 5.02 Å². The van der Waals surface area contributed by atoms with Gasteiger partial charge in [0.1, 0.15) is 22.4 Å². The van der Waals surface area contributed by atoms with Gasteiger partial charge in [0.2, 0.25) is 0 Å². The van der Waals surface area contributed by atoms with Gasteiger partial charge in [-0.25, -0.2) is 9.97 Å². The van der Waals surface area contributed by atoms with E-state index in [1.807, 2.05) is 31.3 Å². The summed E-state index contributed by atoms with van der Waals surface area (Å²) in [5.41, 5.74) is 1.10. The highest BCUT2D eigenvalue weighted by atomic mass is 79.9. The van der Waals surface area contributed by atoms with E-state index in [0.29, 0.717) is 0 Å². The van der Waals surface area contributed by atoms with Crippen molar-refractivity contribution in [1.29, 1.82) is 0 Å². The van der Waals surface area contributed by atoms with Gasteiger partial charge in [0, 0.05) is 12.1 Å². The fraction of sp³-hybridized carbons (Fsp3) is 0.231. The minimum atomic E-state index is 0.0922. The smallest absolute Gasteiger partial charge is 0.146 e. The zero-order chi connectivity index (χ0) is 13.8. The fourth-order valence-electron chi connectivity index (χ4n) is 1.71. The first-order chi connectivity index (χ1) is 9.11. The third kappa shape index (κ3) is 3.36. The predicted octanol–water partition coefficient (Wildman–Crippen LogP) is 4.11. The van der Waals surface area contributed by atoms with E-state index in [1.165, 1.54) is 6.33 Å². The Labute approximate surface area is 125 Å². The molecule has 0 saturated heterocycles. The Balaban J connectivity index is 2.21. The number of aromatic nitrogens is 2. The lowest BCUT2D eigenvalue weighted by atomic mass is 10.1. The van der Waals surface area contributed by atoms with E-state index in [2.05, 4.69) is 43.5 Å². The quantitative estimate of drug-likeness (QED) is 0.879. The molecule has 100 valence electrons. The Morgan fingerprint density at radius 2 is 2.00 bits per heavy atom. The van der Waals surface area contributed by atoms with Crippen molar-refractivity contribution in [2.75, 3.05) is 17.7 Å². The highest BCUT2D eigenvalue weighted by Crippen LogP contribution is 2.29. The van der Waals surface area contributed by atoms with Gasteiger partial charge in [-0.1, -0.05) is 23.7 Å². The van der Waals surface area contributed by atoms with Crippen molar-refractivity contribution in [3.63, 3.8) is 0 Å². The number of nitrogens with zero attached hydrogens (tertiary/aromatic N) is 2. The van der Waals surface area contributed by atoms with E-state index in [9.17, 15) is 0 Å². The maximum Gasteiger partial charge on any atom is 0.146 e. The molecule has 1 aromatic heterocycles. The third-order valence-electron chi connectivity index (χ3n) is 2.73. The maximum atomic E-state index is 6.00. The van der Waals surface area contributed by atoms with Gasteiger partial charge in [-0.3, -0.25) is 0 Å². The average Bonchev–Trinajstić information content (AvgIpc) is 2.41. The molecule has 6 heteroatoms. The number of anilines is 2. The highest BCUT2D eigenvalue weighted by Gasteiger charge is 2.11. The second-order valence-corrected chi connectivity index (χ2v) is 5.29. The van der Waals surface area contributed by atoms with Gasteiger partial charge in [-0.2, -0.15) is 0 Å². The van der Waals surface area contributed by atoms with Crippen LogP contribution in [-0.4, -0.2) is 17.0 Å². The molecule has 0 fully saturated rings. The van der Waals surface area contributed by atoms with Crippen LogP contribution in [0.25, 0.3) is 0 Å². The Morgan fingerprint density at radius 3 is 2.68 bits per heavy atom. The van der Waals surface area contributed by atoms with Gasteiger partial charge in [-0.05, 0) is 40.5 Å². The molecule has 0 saturated carbocycles. The molecule has 1 heterocycles. The molecule has 2 aromatic rings. The molecule has 0 bridgehead atoms. The van der Waals surface area contributed by atoms with Crippen molar-refractivity contribution in [2.45, 2.75) is 13.0 Å². The van der Waals surface area contributed by atoms with Crippen molar-refractivity contribution >= 4 is 39.2 Å². The van der Waals surface area contributed by atoms with Crippen LogP contribution >= 0.6 is 27.5 Å². The van der Waals surface area contributed by atoms with E-state index in [4.69, 9.17) is 11.6 Å². The topological polar surface area (TPSA) is 49.8 Å². The van der Waals surface area contributed by atoms with Crippen LogP contribution in [0, 0.1) is 0 Å². The van der Waals surface area contributed by atoms with Gasteiger partial charge in [0.15, 0.2) is 0 Å². The molecule has 0 radical (unpaired) electrons. The summed E-state index contributed by atoms with van der Waals surface area (Å²) in [7, 11) is 1.82. The summed E-state index contributed by atoms with van der Waals surface area (Å²) >= 11 is 9.48. The van der Waals surface area contributed by atoms with E-state index >= 15 is 0 Å². The molecular formula is C13H14BrClN4. The van der Waals surface area contributed by atoms with E-state index in [-0.39, 0.29) is 6.04 Å². The second kappa shape index (κ2) is 6.21. The Morgan fingerprint density at radius 1 is 1.26 bits per heavy atom. The molecule has 19 heavy (non-hydrogen) atoms. The van der Waals surface area contributed by atoms with Crippen molar-refractivity contribution in [3.8, 4) is 0 Å². The molecule has 1 aromatic carbocycles. The van der Waals surface area contributed by atoms with E-state index in [0.717, 1.165) is 26.7 Å². The molecule has 2 N–H and O–H groups in total. The third-order valence-corrected chi connectivity index (χ3v) is 3.71. The van der Waals surface area contributed by atoms with Crippen molar-refractivity contribution in [3.05, 3.63) is 45.7 Å². The fourth-order valence-corrected chi connectivity index (χ4v) is 2.43. The van der Waals surface area contributed by atoms with Crippen molar-refractivity contribution in [1.82, 2.24) is 9.97 Å². The van der Waals surface area contributed by atoms with Crippen LogP contribution in [0.4, 0.5) is 11.6 Å². The first-order valence-electron chi connectivity index (χ1n) is 5.82. The number of nitrogens with one attached hydrogen (secondary N) is 2.